The van der Waals surface area contributed by atoms with Crippen LogP contribution in [0.2, 0.25) is 0 Å². The predicted molar refractivity (Wildman–Crippen MR) is 77.8 cm³/mol. The van der Waals surface area contributed by atoms with Gasteiger partial charge in [0.05, 0.1) is 17.8 Å². The van der Waals surface area contributed by atoms with Crippen molar-refractivity contribution in [2.45, 2.75) is 0 Å². The molecule has 0 radical (unpaired) electrons. The number of rotatable bonds is 4. The fourth-order valence-corrected chi connectivity index (χ4v) is 2.28. The first-order valence-electron chi connectivity index (χ1n) is 5.29. The number of nitrogens with one attached hydrogen (secondary N) is 1. The highest BCUT2D eigenvalue weighted by atomic mass is 79.9. The Balaban J connectivity index is 2.11. The van der Waals surface area contributed by atoms with E-state index in [-0.39, 0.29) is 5.82 Å². The minimum absolute atomic E-state index is 0.168. The Morgan fingerprint density at radius 1 is 1.11 bits per heavy atom. The molecule has 1 aromatic heterocycles. The number of anilines is 1. The average molecular weight is 340 g/mol. The fraction of sp³-hybridized carbons (Fsp3) is 0. The highest BCUT2D eigenvalue weighted by Crippen LogP contribution is 2.09. The molecule has 5 nitrogen and oxygen atoms in total. The van der Waals surface area contributed by atoms with Crippen molar-refractivity contribution in [3.8, 4) is 0 Å². The summed E-state index contributed by atoms with van der Waals surface area (Å²) in [5.41, 5.74) is 0.801. The Bertz CT molecular complexity index is 670. The molecule has 0 bridgehead atoms. The summed E-state index contributed by atoms with van der Waals surface area (Å²) in [7, 11) is -3.59. The van der Waals surface area contributed by atoms with Gasteiger partial charge in [0.1, 0.15) is 4.60 Å². The van der Waals surface area contributed by atoms with Crippen LogP contribution in [0.25, 0.3) is 6.08 Å². The van der Waals surface area contributed by atoms with E-state index in [4.69, 9.17) is 0 Å². The molecule has 2 rings (SSSR count). The third kappa shape index (κ3) is 4.46. The van der Waals surface area contributed by atoms with E-state index in [9.17, 15) is 8.42 Å². The van der Waals surface area contributed by atoms with Gasteiger partial charge in [0.25, 0.3) is 10.0 Å². The van der Waals surface area contributed by atoms with Crippen LogP contribution in [0.15, 0.2) is 52.7 Å². The smallest absolute Gasteiger partial charge is 0.256 e. The number of aromatic nitrogens is 2. The zero-order chi connectivity index (χ0) is 13.7. The molecule has 7 heteroatoms. The second-order valence-corrected chi connectivity index (χ2v) is 5.96. The van der Waals surface area contributed by atoms with Crippen LogP contribution in [0.1, 0.15) is 5.56 Å². The molecular formula is C12H10BrN3O2S. The number of hydrogen-bond acceptors (Lipinski definition) is 4. The molecule has 0 saturated heterocycles. The van der Waals surface area contributed by atoms with Crippen LogP contribution in [0.4, 0.5) is 5.82 Å². The summed E-state index contributed by atoms with van der Waals surface area (Å²) in [6.07, 6.45) is 4.26. The Hall–Kier alpha value is -1.73. The van der Waals surface area contributed by atoms with Crippen molar-refractivity contribution in [1.82, 2.24) is 9.97 Å². The van der Waals surface area contributed by atoms with Crippen molar-refractivity contribution in [3.05, 3.63) is 58.3 Å². The van der Waals surface area contributed by atoms with Gasteiger partial charge in [0.2, 0.25) is 0 Å². The van der Waals surface area contributed by atoms with Crippen molar-refractivity contribution in [2.24, 2.45) is 0 Å². The molecule has 19 heavy (non-hydrogen) atoms. The summed E-state index contributed by atoms with van der Waals surface area (Å²) >= 11 is 3.12. The number of halogens is 1. The highest BCUT2D eigenvalue weighted by Gasteiger charge is 2.06. The van der Waals surface area contributed by atoms with Crippen LogP contribution in [0.3, 0.4) is 0 Å². The summed E-state index contributed by atoms with van der Waals surface area (Å²) in [6, 6.07) is 9.15. The van der Waals surface area contributed by atoms with E-state index in [1.54, 1.807) is 0 Å². The van der Waals surface area contributed by atoms with Gasteiger partial charge in [-0.05, 0) is 27.6 Å². The molecular weight excluding hydrogens is 330 g/mol. The SMILES string of the molecule is O=S(=O)(/C=C/c1ccccc1)Nc1cnc(Br)cn1. The molecule has 1 heterocycles. The van der Waals surface area contributed by atoms with Crippen LogP contribution in [-0.2, 0) is 10.0 Å². The Morgan fingerprint density at radius 3 is 2.47 bits per heavy atom. The maximum atomic E-state index is 11.8. The number of benzene rings is 1. The van der Waals surface area contributed by atoms with Gasteiger partial charge >= 0.3 is 0 Å². The lowest BCUT2D eigenvalue weighted by Gasteiger charge is -2.02. The quantitative estimate of drug-likeness (QED) is 0.929. The fourth-order valence-electron chi connectivity index (χ4n) is 1.28. The standard InChI is InChI=1S/C12H10BrN3O2S/c13-11-8-15-12(9-14-11)16-19(17,18)7-6-10-4-2-1-3-5-10/h1-9H,(H,15,16)/b7-6+. The lowest BCUT2D eigenvalue weighted by atomic mass is 10.2. The Labute approximate surface area is 119 Å². The van der Waals surface area contributed by atoms with Gasteiger partial charge in [0.15, 0.2) is 5.82 Å². The largest absolute Gasteiger partial charge is 0.263 e. The topological polar surface area (TPSA) is 72.0 Å². The van der Waals surface area contributed by atoms with E-state index in [2.05, 4.69) is 30.6 Å². The van der Waals surface area contributed by atoms with Gasteiger partial charge in [-0.15, -0.1) is 0 Å². The second-order valence-electron chi connectivity index (χ2n) is 3.58. The first-order chi connectivity index (χ1) is 9.05. The number of nitrogens with zero attached hydrogens (tertiary/aromatic N) is 2. The van der Waals surface area contributed by atoms with Gasteiger partial charge in [-0.25, -0.2) is 18.4 Å². The number of hydrogen-bond donors (Lipinski definition) is 1. The van der Waals surface area contributed by atoms with Crippen LogP contribution < -0.4 is 4.72 Å². The summed E-state index contributed by atoms with van der Waals surface area (Å²) < 4.78 is 26.4. The first kappa shape index (κ1) is 13.7. The van der Waals surface area contributed by atoms with Crippen LogP contribution in [0.5, 0.6) is 0 Å². The van der Waals surface area contributed by atoms with Crippen molar-refractivity contribution in [3.63, 3.8) is 0 Å². The molecule has 0 saturated carbocycles. The molecule has 2 aromatic rings. The number of sulfonamides is 1. The molecule has 0 aliphatic carbocycles. The lowest BCUT2D eigenvalue weighted by molar-refractivity contribution is 0.609. The van der Waals surface area contributed by atoms with Gasteiger partial charge < -0.3 is 0 Å². The summed E-state index contributed by atoms with van der Waals surface area (Å²) in [5, 5.41) is 1.09. The van der Waals surface area contributed by atoms with Gasteiger partial charge in [-0.2, -0.15) is 0 Å². The van der Waals surface area contributed by atoms with E-state index in [0.717, 1.165) is 11.0 Å². The third-order valence-corrected chi connectivity index (χ3v) is 3.50. The predicted octanol–water partition coefficient (Wildman–Crippen LogP) is 2.65. The van der Waals surface area contributed by atoms with Gasteiger partial charge in [0, 0.05) is 0 Å². The Kier molecular flexibility index (Phi) is 4.28. The maximum Gasteiger partial charge on any atom is 0.256 e. The monoisotopic (exact) mass is 339 g/mol. The second kappa shape index (κ2) is 5.94. The molecule has 0 unspecified atom stereocenters. The van der Waals surface area contributed by atoms with Crippen molar-refractivity contribution in [1.29, 1.82) is 0 Å². The lowest BCUT2D eigenvalue weighted by Crippen LogP contribution is -2.10. The molecule has 0 aliphatic heterocycles. The van der Waals surface area contributed by atoms with E-state index in [0.29, 0.717) is 4.60 Å². The van der Waals surface area contributed by atoms with Crippen molar-refractivity contribution in [2.75, 3.05) is 4.72 Å². The van der Waals surface area contributed by atoms with Crippen LogP contribution >= 0.6 is 15.9 Å². The van der Waals surface area contributed by atoms with Crippen LogP contribution in [-0.4, -0.2) is 18.4 Å². The van der Waals surface area contributed by atoms with E-state index in [1.165, 1.54) is 18.5 Å². The minimum Gasteiger partial charge on any atom is -0.263 e. The van der Waals surface area contributed by atoms with Gasteiger partial charge in [-0.3, -0.25) is 4.72 Å². The van der Waals surface area contributed by atoms with Gasteiger partial charge in [-0.1, -0.05) is 30.3 Å². The molecule has 0 aliphatic rings. The van der Waals surface area contributed by atoms with Crippen molar-refractivity contribution >= 4 is 37.8 Å². The maximum absolute atomic E-state index is 11.8. The van der Waals surface area contributed by atoms with Crippen LogP contribution in [0, 0.1) is 0 Å². The molecule has 1 N–H and O–H groups in total. The third-order valence-electron chi connectivity index (χ3n) is 2.11. The molecule has 98 valence electrons. The Morgan fingerprint density at radius 2 is 1.84 bits per heavy atom. The molecule has 0 amide bonds. The first-order valence-corrected chi connectivity index (χ1v) is 7.63. The summed E-state index contributed by atoms with van der Waals surface area (Å²) in [5.74, 6) is 0.168. The van der Waals surface area contributed by atoms with Crippen molar-refractivity contribution < 1.29 is 8.42 Å². The molecule has 0 atom stereocenters. The molecule has 0 spiro atoms. The van der Waals surface area contributed by atoms with E-state index < -0.39 is 10.0 Å². The highest BCUT2D eigenvalue weighted by molar-refractivity contribution is 9.10. The summed E-state index contributed by atoms with van der Waals surface area (Å²) in [4.78, 5) is 7.77. The van der Waals surface area contributed by atoms with E-state index >= 15 is 0 Å². The van der Waals surface area contributed by atoms with E-state index in [1.807, 2.05) is 30.3 Å². The molecule has 0 fully saturated rings. The summed E-state index contributed by atoms with van der Waals surface area (Å²) in [6.45, 7) is 0. The normalized spacial score (nSPS) is 11.6. The molecule has 1 aromatic carbocycles. The minimum atomic E-state index is -3.59. The zero-order valence-corrected chi connectivity index (χ0v) is 12.1. The zero-order valence-electron chi connectivity index (χ0n) is 9.69. The average Bonchev–Trinajstić information content (AvgIpc) is 2.40.